The predicted molar refractivity (Wildman–Crippen MR) is 134 cm³/mol. The molecule has 0 N–H and O–H groups in total. The van der Waals surface area contributed by atoms with E-state index in [1.165, 1.54) is 16.7 Å². The van der Waals surface area contributed by atoms with Crippen LogP contribution in [0, 0.1) is 0 Å². The molecule has 3 nitrogen and oxygen atoms in total. The number of nitrogens with zero attached hydrogens (tertiary/aromatic N) is 2. The average Bonchev–Trinajstić information content (AvgIpc) is 2.75. The Hall–Kier alpha value is -1.78. The van der Waals surface area contributed by atoms with Crippen molar-refractivity contribution in [1.29, 1.82) is 0 Å². The number of aliphatic imine (C=N–C) groups is 1. The molecule has 0 bridgehead atoms. The molecule has 3 aromatic rings. The third kappa shape index (κ3) is 5.35. The van der Waals surface area contributed by atoms with E-state index < -0.39 is 0 Å². The van der Waals surface area contributed by atoms with Gasteiger partial charge in [0.1, 0.15) is 5.75 Å². The zero-order valence-corrected chi connectivity index (χ0v) is 20.4. The van der Waals surface area contributed by atoms with Gasteiger partial charge >= 0.3 is 0 Å². The van der Waals surface area contributed by atoms with E-state index in [2.05, 4.69) is 42.2 Å². The molecule has 2 unspecified atom stereocenters. The summed E-state index contributed by atoms with van der Waals surface area (Å²) in [6.07, 6.45) is 4.57. The van der Waals surface area contributed by atoms with Crippen LogP contribution in [0.4, 0.5) is 0 Å². The fourth-order valence-corrected chi connectivity index (χ4v) is 4.49. The van der Waals surface area contributed by atoms with Crippen molar-refractivity contribution in [2.45, 2.75) is 31.7 Å². The maximum Gasteiger partial charge on any atom is 0.122 e. The molecule has 0 radical (unpaired) electrons. The minimum atomic E-state index is 0. The minimum Gasteiger partial charge on any atom is -0.496 e. The van der Waals surface area contributed by atoms with Crippen LogP contribution in [0.3, 0.4) is 0 Å². The summed E-state index contributed by atoms with van der Waals surface area (Å²) in [6.45, 7) is 2.22. The molecular weight excluding hydrogens is 474 g/mol. The summed E-state index contributed by atoms with van der Waals surface area (Å²) in [6, 6.07) is 16.7. The second-order valence-electron chi connectivity index (χ2n) is 7.30. The lowest BCUT2D eigenvalue weighted by Gasteiger charge is -2.30. The Morgan fingerprint density at radius 3 is 2.32 bits per heavy atom. The Morgan fingerprint density at radius 2 is 1.68 bits per heavy atom. The number of hydrogen-bond acceptors (Lipinski definition) is 3. The van der Waals surface area contributed by atoms with Crippen molar-refractivity contribution in [2.75, 3.05) is 7.11 Å². The van der Waals surface area contributed by atoms with Gasteiger partial charge in [0.15, 0.2) is 0 Å². The highest BCUT2D eigenvalue weighted by Gasteiger charge is 2.29. The van der Waals surface area contributed by atoms with Crippen molar-refractivity contribution in [3.63, 3.8) is 0 Å². The molecule has 0 aliphatic carbocycles. The molecule has 1 aliphatic rings. The first-order valence-electron chi connectivity index (χ1n) is 9.62. The van der Waals surface area contributed by atoms with Gasteiger partial charge < -0.3 is 4.74 Å². The zero-order chi connectivity index (χ0) is 20.4. The highest BCUT2D eigenvalue weighted by molar-refractivity contribution is 6.36. The minimum absolute atomic E-state index is 0. The van der Waals surface area contributed by atoms with Crippen molar-refractivity contribution < 1.29 is 4.74 Å². The SMILES string of the molecule is COc1cccc2c1CC(Cc1c(Cl)cncc1Cl)=NC2C(C)c1ccccc1.Cl.Cl. The number of pyridine rings is 1. The lowest BCUT2D eigenvalue weighted by atomic mass is 9.82. The van der Waals surface area contributed by atoms with Crippen LogP contribution >= 0.6 is 48.0 Å². The lowest BCUT2D eigenvalue weighted by Crippen LogP contribution is -2.21. The molecule has 2 atom stereocenters. The predicted octanol–water partition coefficient (Wildman–Crippen LogP) is 7.33. The largest absolute Gasteiger partial charge is 0.496 e. The molecule has 0 fully saturated rings. The monoisotopic (exact) mass is 496 g/mol. The molecule has 0 amide bonds. The maximum atomic E-state index is 6.38. The number of rotatable bonds is 5. The molecule has 2 aromatic carbocycles. The van der Waals surface area contributed by atoms with E-state index in [4.69, 9.17) is 32.9 Å². The second kappa shape index (κ2) is 11.2. The quantitative estimate of drug-likeness (QED) is 0.369. The van der Waals surface area contributed by atoms with Crippen LogP contribution in [0.1, 0.15) is 41.1 Å². The van der Waals surface area contributed by atoms with Crippen molar-refractivity contribution >= 4 is 53.7 Å². The van der Waals surface area contributed by atoms with Crippen molar-refractivity contribution in [3.8, 4) is 5.75 Å². The third-order valence-corrected chi connectivity index (χ3v) is 6.19. The van der Waals surface area contributed by atoms with Crippen LogP contribution in [0.5, 0.6) is 5.75 Å². The van der Waals surface area contributed by atoms with E-state index in [0.29, 0.717) is 22.9 Å². The summed E-state index contributed by atoms with van der Waals surface area (Å²) in [5.74, 6) is 1.12. The van der Waals surface area contributed by atoms with Crippen LogP contribution in [0.15, 0.2) is 65.9 Å². The van der Waals surface area contributed by atoms with Crippen LogP contribution in [-0.2, 0) is 12.8 Å². The van der Waals surface area contributed by atoms with Gasteiger partial charge in [0.2, 0.25) is 0 Å². The van der Waals surface area contributed by atoms with E-state index in [9.17, 15) is 0 Å². The molecule has 2 heterocycles. The fraction of sp³-hybridized carbons (Fsp3) is 0.250. The van der Waals surface area contributed by atoms with E-state index in [1.807, 2.05) is 18.2 Å². The van der Waals surface area contributed by atoms with Gasteiger partial charge in [0.25, 0.3) is 0 Å². The first-order chi connectivity index (χ1) is 14.1. The first-order valence-corrected chi connectivity index (χ1v) is 10.4. The fourth-order valence-electron chi connectivity index (χ4n) is 4.00. The van der Waals surface area contributed by atoms with E-state index in [0.717, 1.165) is 17.0 Å². The molecule has 0 saturated heterocycles. The van der Waals surface area contributed by atoms with Crippen LogP contribution in [0.2, 0.25) is 10.0 Å². The summed E-state index contributed by atoms with van der Waals surface area (Å²) in [4.78, 5) is 9.24. The Bertz CT molecular complexity index is 1040. The molecule has 4 rings (SSSR count). The van der Waals surface area contributed by atoms with Gasteiger partial charge in [0, 0.05) is 42.4 Å². The number of benzene rings is 2. The number of ether oxygens (including phenoxy) is 1. The highest BCUT2D eigenvalue weighted by Crippen LogP contribution is 2.42. The Morgan fingerprint density at radius 1 is 1.00 bits per heavy atom. The zero-order valence-electron chi connectivity index (χ0n) is 17.2. The highest BCUT2D eigenvalue weighted by atomic mass is 35.5. The molecule has 0 saturated carbocycles. The smallest absolute Gasteiger partial charge is 0.122 e. The van der Waals surface area contributed by atoms with Gasteiger partial charge in [-0.25, -0.2) is 0 Å². The van der Waals surface area contributed by atoms with Gasteiger partial charge in [-0.3, -0.25) is 9.98 Å². The Balaban J connectivity index is 0.00000171. The summed E-state index contributed by atoms with van der Waals surface area (Å²) >= 11 is 12.8. The number of fused-ring (bicyclic) bond motifs is 1. The number of methoxy groups -OCH3 is 1. The molecule has 31 heavy (non-hydrogen) atoms. The first kappa shape index (κ1) is 25.5. The molecule has 7 heteroatoms. The lowest BCUT2D eigenvalue weighted by molar-refractivity contribution is 0.408. The molecule has 1 aliphatic heterocycles. The van der Waals surface area contributed by atoms with Gasteiger partial charge in [-0.2, -0.15) is 0 Å². The van der Waals surface area contributed by atoms with Crippen LogP contribution < -0.4 is 4.74 Å². The third-order valence-electron chi connectivity index (χ3n) is 5.54. The van der Waals surface area contributed by atoms with Crippen molar-refractivity contribution in [3.05, 3.63) is 93.2 Å². The molecule has 164 valence electrons. The number of halogens is 4. The molecule has 0 spiro atoms. The summed E-state index contributed by atoms with van der Waals surface area (Å²) in [7, 11) is 1.72. The molecule has 1 aromatic heterocycles. The van der Waals surface area contributed by atoms with Crippen molar-refractivity contribution in [2.24, 2.45) is 4.99 Å². The standard InChI is InChI=1S/C24H22Cl2N2O.2ClH/c1-15(16-7-4-3-5-8-16)24-18-9-6-10-23(29-2)19(18)11-17(28-24)12-20-21(25)13-27-14-22(20)26;;/h3-10,13-15,24H,11-12H2,1-2H3;2*1H. The van der Waals surface area contributed by atoms with Crippen LogP contribution in [0.25, 0.3) is 0 Å². The Labute approximate surface area is 205 Å². The summed E-state index contributed by atoms with van der Waals surface area (Å²) in [5.41, 5.74) is 5.58. The van der Waals surface area contributed by atoms with E-state index >= 15 is 0 Å². The van der Waals surface area contributed by atoms with Gasteiger partial charge in [-0.05, 0) is 22.8 Å². The molecular formula is C24H24Cl4N2O. The van der Waals surface area contributed by atoms with E-state index in [-0.39, 0.29) is 36.8 Å². The van der Waals surface area contributed by atoms with Gasteiger partial charge in [-0.15, -0.1) is 24.8 Å². The average molecular weight is 498 g/mol. The van der Waals surface area contributed by atoms with Gasteiger partial charge in [-0.1, -0.05) is 72.6 Å². The van der Waals surface area contributed by atoms with Crippen LogP contribution in [-0.4, -0.2) is 17.8 Å². The number of aromatic nitrogens is 1. The van der Waals surface area contributed by atoms with Crippen molar-refractivity contribution in [1.82, 2.24) is 4.98 Å². The topological polar surface area (TPSA) is 34.5 Å². The number of hydrogen-bond donors (Lipinski definition) is 0. The maximum absolute atomic E-state index is 6.38. The summed E-state index contributed by atoms with van der Waals surface area (Å²) < 4.78 is 5.68. The van der Waals surface area contributed by atoms with Gasteiger partial charge in [0.05, 0.1) is 23.2 Å². The second-order valence-corrected chi connectivity index (χ2v) is 8.12. The van der Waals surface area contributed by atoms with E-state index in [1.54, 1.807) is 19.5 Å². The summed E-state index contributed by atoms with van der Waals surface area (Å²) in [5, 5.41) is 1.14. The Kier molecular flexibility index (Phi) is 9.20. The normalized spacial score (nSPS) is 15.6.